The van der Waals surface area contributed by atoms with E-state index in [0.717, 1.165) is 70.6 Å². The van der Waals surface area contributed by atoms with E-state index in [2.05, 4.69) is 50.4 Å². The molecule has 0 aliphatic carbocycles. The Morgan fingerprint density at radius 2 is 0.903 bits per heavy atom. The number of esters is 1. The van der Waals surface area contributed by atoms with Crippen molar-refractivity contribution in [2.24, 2.45) is 0 Å². The molecule has 358 valence electrons. The van der Waals surface area contributed by atoms with E-state index >= 15 is 0 Å². The van der Waals surface area contributed by atoms with Crippen LogP contribution in [-0.4, -0.2) is 46.9 Å². The van der Waals surface area contributed by atoms with Crippen LogP contribution in [0.3, 0.4) is 0 Å². The molecule has 0 saturated carbocycles. The first-order chi connectivity index (χ1) is 30.5. The van der Waals surface area contributed by atoms with Crippen molar-refractivity contribution in [1.29, 1.82) is 0 Å². The summed E-state index contributed by atoms with van der Waals surface area (Å²) in [6.07, 6.45) is 62.5. The van der Waals surface area contributed by atoms with Crippen LogP contribution in [0, 0.1) is 0 Å². The minimum atomic E-state index is -0.811. The Hall–Kier alpha value is -2.70. The molecule has 6 nitrogen and oxygen atoms in total. The number of hydrogen-bond donors (Lipinski definition) is 3. The molecule has 0 aromatic carbocycles. The van der Waals surface area contributed by atoms with Gasteiger partial charge in [0.1, 0.15) is 6.10 Å². The summed E-state index contributed by atoms with van der Waals surface area (Å²) < 4.78 is 5.88. The summed E-state index contributed by atoms with van der Waals surface area (Å²) in [5.41, 5.74) is 0. The second-order valence-electron chi connectivity index (χ2n) is 17.7. The number of aliphatic hydroxyl groups excluding tert-OH is 2. The highest BCUT2D eigenvalue weighted by Gasteiger charge is 2.24. The van der Waals surface area contributed by atoms with Gasteiger partial charge in [0.2, 0.25) is 5.91 Å². The predicted octanol–water partition coefficient (Wildman–Crippen LogP) is 15.8. The van der Waals surface area contributed by atoms with Crippen molar-refractivity contribution >= 4 is 11.9 Å². The molecule has 3 N–H and O–H groups in total. The first kappa shape index (κ1) is 59.3. The van der Waals surface area contributed by atoms with Gasteiger partial charge >= 0.3 is 5.97 Å². The van der Waals surface area contributed by atoms with Gasteiger partial charge in [0, 0.05) is 6.42 Å². The van der Waals surface area contributed by atoms with Crippen molar-refractivity contribution in [3.63, 3.8) is 0 Å². The molecule has 0 aliphatic heterocycles. The molecule has 1 amide bonds. The van der Waals surface area contributed by atoms with E-state index in [9.17, 15) is 19.8 Å². The van der Waals surface area contributed by atoms with E-state index in [0.29, 0.717) is 19.3 Å². The van der Waals surface area contributed by atoms with Crippen LogP contribution in [0.15, 0.2) is 72.9 Å². The van der Waals surface area contributed by atoms with Gasteiger partial charge in [-0.15, -0.1) is 0 Å². The number of carbonyl (C=O) groups is 2. The molecule has 0 radical (unpaired) electrons. The lowest BCUT2D eigenvalue weighted by Gasteiger charge is -2.24. The fourth-order valence-electron chi connectivity index (χ4n) is 7.69. The van der Waals surface area contributed by atoms with Crippen LogP contribution >= 0.6 is 0 Å². The van der Waals surface area contributed by atoms with Crippen LogP contribution < -0.4 is 5.32 Å². The van der Waals surface area contributed by atoms with Gasteiger partial charge in [-0.25, -0.2) is 0 Å². The van der Waals surface area contributed by atoms with Crippen molar-refractivity contribution in [3.05, 3.63) is 72.9 Å². The van der Waals surface area contributed by atoms with Crippen LogP contribution in [0.25, 0.3) is 0 Å². The summed E-state index contributed by atoms with van der Waals surface area (Å²) in [5, 5.41) is 23.8. The van der Waals surface area contributed by atoms with E-state index in [1.54, 1.807) is 0 Å². The normalized spacial score (nSPS) is 13.8. The van der Waals surface area contributed by atoms with E-state index in [4.69, 9.17) is 4.74 Å². The fraction of sp³-hybridized carbons (Fsp3) is 0.750. The average Bonchev–Trinajstić information content (AvgIpc) is 3.26. The minimum Gasteiger partial charge on any atom is -0.462 e. The highest BCUT2D eigenvalue weighted by Crippen LogP contribution is 2.17. The van der Waals surface area contributed by atoms with Gasteiger partial charge in [0.15, 0.2) is 0 Å². The summed E-state index contributed by atoms with van der Waals surface area (Å²) >= 11 is 0. The Morgan fingerprint density at radius 3 is 1.39 bits per heavy atom. The zero-order chi connectivity index (χ0) is 45.2. The van der Waals surface area contributed by atoms with Gasteiger partial charge in [0.25, 0.3) is 0 Å². The predicted molar refractivity (Wildman–Crippen MR) is 268 cm³/mol. The third-order valence-corrected chi connectivity index (χ3v) is 11.6. The maximum atomic E-state index is 13.2. The number of nitrogens with one attached hydrogen (secondary N) is 1. The van der Waals surface area contributed by atoms with Gasteiger partial charge in [-0.1, -0.05) is 241 Å². The molecule has 0 aromatic heterocycles. The second kappa shape index (κ2) is 49.3. The van der Waals surface area contributed by atoms with Crippen LogP contribution in [0.2, 0.25) is 0 Å². The summed E-state index contributed by atoms with van der Waals surface area (Å²) in [4.78, 5) is 26.1. The van der Waals surface area contributed by atoms with Crippen molar-refractivity contribution in [1.82, 2.24) is 5.32 Å². The largest absolute Gasteiger partial charge is 0.462 e. The molecule has 62 heavy (non-hydrogen) atoms. The van der Waals surface area contributed by atoms with Gasteiger partial charge in [-0.3, -0.25) is 9.59 Å². The van der Waals surface area contributed by atoms with Gasteiger partial charge in [-0.2, -0.15) is 0 Å². The lowest BCUT2D eigenvalue weighted by molar-refractivity contribution is -0.151. The zero-order valence-corrected chi connectivity index (χ0v) is 40.7. The third-order valence-electron chi connectivity index (χ3n) is 11.6. The minimum absolute atomic E-state index is 0.0208. The number of amides is 1. The lowest BCUT2D eigenvalue weighted by atomic mass is 10.0. The Balaban J connectivity index is 4.65. The SMILES string of the molecule is CC/C=C/C=C/C=C\C=C/C=C/CCCC(CC(=O)NC(CO)C(O)CCCCCCCCCCCCCCCCCC)OC(=O)CCCCC/C=C\CCCCCCCCC. The van der Waals surface area contributed by atoms with Crippen LogP contribution in [-0.2, 0) is 14.3 Å². The molecule has 0 rings (SSSR count). The van der Waals surface area contributed by atoms with Gasteiger partial charge in [0.05, 0.1) is 25.2 Å². The summed E-state index contributed by atoms with van der Waals surface area (Å²) in [6.45, 7) is 6.32. The molecule has 3 unspecified atom stereocenters. The van der Waals surface area contributed by atoms with E-state index < -0.39 is 18.2 Å². The molecule has 0 heterocycles. The number of carbonyl (C=O) groups excluding carboxylic acids is 2. The van der Waals surface area contributed by atoms with E-state index in [1.807, 2.05) is 48.6 Å². The maximum absolute atomic E-state index is 13.2. The molecule has 0 aromatic rings. The monoisotopic (exact) mass is 866 g/mol. The van der Waals surface area contributed by atoms with Crippen molar-refractivity contribution in [3.8, 4) is 0 Å². The molecule has 0 aliphatic rings. The molecule has 0 bridgehead atoms. The lowest BCUT2D eigenvalue weighted by Crippen LogP contribution is -2.46. The molecule has 3 atom stereocenters. The van der Waals surface area contributed by atoms with Crippen molar-refractivity contribution in [2.75, 3.05) is 6.61 Å². The summed E-state index contributed by atoms with van der Waals surface area (Å²) in [6, 6.07) is -0.730. The Bertz CT molecular complexity index is 1150. The van der Waals surface area contributed by atoms with Crippen LogP contribution in [0.1, 0.15) is 245 Å². The molecular weight excluding hydrogens is 767 g/mol. The number of ether oxygens (including phenoxy) is 1. The first-order valence-corrected chi connectivity index (χ1v) is 26.2. The molecular formula is C56H99NO5. The fourth-order valence-corrected chi connectivity index (χ4v) is 7.69. The van der Waals surface area contributed by atoms with Crippen LogP contribution in [0.4, 0.5) is 0 Å². The highest BCUT2D eigenvalue weighted by molar-refractivity contribution is 5.77. The van der Waals surface area contributed by atoms with Gasteiger partial charge < -0.3 is 20.3 Å². The topological polar surface area (TPSA) is 95.9 Å². The smallest absolute Gasteiger partial charge is 0.306 e. The highest BCUT2D eigenvalue weighted by atomic mass is 16.5. The molecule has 6 heteroatoms. The summed E-state index contributed by atoms with van der Waals surface area (Å²) in [7, 11) is 0. The number of hydrogen-bond acceptors (Lipinski definition) is 5. The van der Waals surface area contributed by atoms with E-state index in [1.165, 1.54) is 128 Å². The molecule has 0 fully saturated rings. The Kier molecular flexibility index (Phi) is 47.2. The van der Waals surface area contributed by atoms with E-state index in [-0.39, 0.29) is 24.9 Å². The molecule has 0 saturated heterocycles. The standard InChI is InChI=1S/C56H99NO5/c1-4-7-10-13-16-19-22-25-27-28-30-33-36-39-42-45-48-54(59)53(51-58)57-55(60)50-52(47-44-41-38-35-32-29-24-21-18-15-12-9-6-3)62-56(61)49-46-43-40-37-34-31-26-23-20-17-14-11-8-5-2/h9,12,15,18,21,24,29,31-32,34-35,38,52-54,58-59H,4-8,10-11,13-14,16-17,19-20,22-23,25-28,30,33,36-37,39-51H2,1-3H3,(H,57,60)/b12-9+,18-15+,24-21-,32-29-,34-31-,38-35+. The quantitative estimate of drug-likeness (QED) is 0.0245. The Labute approximate surface area is 383 Å². The average molecular weight is 866 g/mol. The summed E-state index contributed by atoms with van der Waals surface area (Å²) in [5.74, 6) is -0.565. The third kappa shape index (κ3) is 43.9. The number of allylic oxidation sites excluding steroid dienone is 12. The number of rotatable bonds is 46. The van der Waals surface area contributed by atoms with Gasteiger partial charge in [-0.05, 0) is 64.2 Å². The Morgan fingerprint density at radius 1 is 0.484 bits per heavy atom. The van der Waals surface area contributed by atoms with Crippen LogP contribution in [0.5, 0.6) is 0 Å². The first-order valence-electron chi connectivity index (χ1n) is 26.2. The zero-order valence-electron chi connectivity index (χ0n) is 40.7. The second-order valence-corrected chi connectivity index (χ2v) is 17.7. The number of aliphatic hydroxyl groups is 2. The van der Waals surface area contributed by atoms with Crippen molar-refractivity contribution in [2.45, 2.75) is 264 Å². The van der Waals surface area contributed by atoms with Crippen molar-refractivity contribution < 1.29 is 24.5 Å². The number of unbranched alkanes of at least 4 members (excludes halogenated alkanes) is 26. The maximum Gasteiger partial charge on any atom is 0.306 e. The molecule has 0 spiro atoms.